The molecule has 2 aliphatic rings. The maximum absolute atomic E-state index is 12.9. The lowest BCUT2D eigenvalue weighted by molar-refractivity contribution is -0.126. The van der Waals surface area contributed by atoms with Crippen LogP contribution in [0.15, 0.2) is 48.5 Å². The van der Waals surface area contributed by atoms with Gasteiger partial charge in [-0.2, -0.15) is 0 Å². The summed E-state index contributed by atoms with van der Waals surface area (Å²) < 4.78 is 0. The summed E-state index contributed by atoms with van der Waals surface area (Å²) in [4.78, 5) is 53.9. The van der Waals surface area contributed by atoms with Crippen LogP contribution in [-0.2, 0) is 9.59 Å². The maximum Gasteiger partial charge on any atom is 0.261 e. The maximum atomic E-state index is 12.9. The highest BCUT2D eigenvalue weighted by atomic mass is 16.2. The number of benzene rings is 2. The molecule has 2 aliphatic heterocycles. The van der Waals surface area contributed by atoms with E-state index in [1.807, 2.05) is 31.2 Å². The van der Waals surface area contributed by atoms with Crippen molar-refractivity contribution in [2.75, 3.05) is 29.9 Å². The summed E-state index contributed by atoms with van der Waals surface area (Å²) in [5.74, 6) is -1.18. The summed E-state index contributed by atoms with van der Waals surface area (Å²) in [5, 5.41) is 5.76. The van der Waals surface area contributed by atoms with Gasteiger partial charge in [0.1, 0.15) is 6.04 Å². The molecule has 8 nitrogen and oxygen atoms in total. The second-order valence-electron chi connectivity index (χ2n) is 9.05. The lowest BCUT2D eigenvalue weighted by Crippen LogP contribution is -2.44. The van der Waals surface area contributed by atoms with Gasteiger partial charge in [0.05, 0.1) is 11.1 Å². The Morgan fingerprint density at radius 1 is 0.971 bits per heavy atom. The lowest BCUT2D eigenvalue weighted by atomic mass is 10.1. The minimum absolute atomic E-state index is 0.116. The molecular weight excluding hydrogens is 444 g/mol. The fourth-order valence-electron chi connectivity index (χ4n) is 4.65. The number of carbonyl (C=O) groups is 4. The minimum atomic E-state index is -0.651. The van der Waals surface area contributed by atoms with Gasteiger partial charge >= 0.3 is 0 Å². The van der Waals surface area contributed by atoms with Crippen LogP contribution in [0.5, 0.6) is 0 Å². The van der Waals surface area contributed by atoms with E-state index in [1.54, 1.807) is 24.3 Å². The van der Waals surface area contributed by atoms with Gasteiger partial charge in [-0.25, -0.2) is 0 Å². The van der Waals surface area contributed by atoms with Crippen molar-refractivity contribution in [2.45, 2.75) is 51.5 Å². The average Bonchev–Trinajstić information content (AvgIpc) is 3.48. The van der Waals surface area contributed by atoms with E-state index in [1.165, 1.54) is 17.7 Å². The number of imide groups is 1. The summed E-state index contributed by atoms with van der Waals surface area (Å²) in [6.07, 6.45) is 4.05. The largest absolute Gasteiger partial charge is 0.371 e. The molecule has 0 aliphatic carbocycles. The van der Waals surface area contributed by atoms with E-state index in [2.05, 4.69) is 15.5 Å². The van der Waals surface area contributed by atoms with Gasteiger partial charge in [-0.05, 0) is 56.0 Å². The van der Waals surface area contributed by atoms with Crippen molar-refractivity contribution in [2.24, 2.45) is 0 Å². The first-order valence-corrected chi connectivity index (χ1v) is 12.4. The van der Waals surface area contributed by atoms with Crippen molar-refractivity contribution < 1.29 is 19.2 Å². The SMILES string of the molecule is CCCC(NC(=O)CCCN1C(=O)c2ccccc2C1=O)C(=O)Nc1cccc(N2CCCC2)c1. The topological polar surface area (TPSA) is 98.8 Å². The lowest BCUT2D eigenvalue weighted by Gasteiger charge is -2.21. The van der Waals surface area contributed by atoms with Crippen molar-refractivity contribution in [3.63, 3.8) is 0 Å². The van der Waals surface area contributed by atoms with Crippen molar-refractivity contribution in [3.8, 4) is 0 Å². The number of anilines is 2. The van der Waals surface area contributed by atoms with Gasteiger partial charge < -0.3 is 15.5 Å². The number of carbonyl (C=O) groups excluding carboxylic acids is 4. The Kier molecular flexibility index (Phi) is 7.80. The summed E-state index contributed by atoms with van der Waals surface area (Å²) in [5.41, 5.74) is 2.59. The number of fused-ring (bicyclic) bond motifs is 1. The van der Waals surface area contributed by atoms with E-state index in [0.717, 1.165) is 25.2 Å². The highest BCUT2D eigenvalue weighted by molar-refractivity contribution is 6.21. The summed E-state index contributed by atoms with van der Waals surface area (Å²) in [6, 6.07) is 13.9. The van der Waals surface area contributed by atoms with E-state index in [-0.39, 0.29) is 36.6 Å². The number of hydrogen-bond acceptors (Lipinski definition) is 5. The zero-order chi connectivity index (χ0) is 24.8. The quantitative estimate of drug-likeness (QED) is 0.511. The van der Waals surface area contributed by atoms with Crippen LogP contribution in [0.3, 0.4) is 0 Å². The fourth-order valence-corrected chi connectivity index (χ4v) is 4.65. The Bertz CT molecular complexity index is 1070. The van der Waals surface area contributed by atoms with Crippen LogP contribution < -0.4 is 15.5 Å². The molecule has 2 heterocycles. The van der Waals surface area contributed by atoms with Gasteiger partial charge in [0.25, 0.3) is 11.8 Å². The average molecular weight is 477 g/mol. The van der Waals surface area contributed by atoms with Gasteiger partial charge in [-0.15, -0.1) is 0 Å². The molecule has 4 amide bonds. The first-order valence-electron chi connectivity index (χ1n) is 12.4. The molecule has 8 heteroatoms. The fraction of sp³-hybridized carbons (Fsp3) is 0.407. The van der Waals surface area contributed by atoms with E-state index in [9.17, 15) is 19.2 Å². The summed E-state index contributed by atoms with van der Waals surface area (Å²) in [6.45, 7) is 4.16. The standard InChI is InChI=1S/C27H32N4O4/c1-2-9-23(25(33)28-19-10-7-11-20(18-19)30-15-5-6-16-30)29-24(32)14-8-17-31-26(34)21-12-3-4-13-22(21)27(31)35/h3-4,7,10-13,18,23H,2,5-6,8-9,14-17H2,1H3,(H,28,33)(H,29,32). The predicted molar refractivity (Wildman–Crippen MR) is 134 cm³/mol. The Morgan fingerprint density at radius 3 is 2.31 bits per heavy atom. The van der Waals surface area contributed by atoms with Crippen molar-refractivity contribution in [3.05, 3.63) is 59.7 Å². The number of hydrogen-bond donors (Lipinski definition) is 2. The molecule has 1 unspecified atom stereocenters. The van der Waals surface area contributed by atoms with Gasteiger partial charge in [0, 0.05) is 37.4 Å². The molecule has 35 heavy (non-hydrogen) atoms. The van der Waals surface area contributed by atoms with Gasteiger partial charge in [0.2, 0.25) is 11.8 Å². The Labute approximate surface area is 205 Å². The van der Waals surface area contributed by atoms with E-state index < -0.39 is 6.04 Å². The van der Waals surface area contributed by atoms with Gasteiger partial charge in [-0.3, -0.25) is 24.1 Å². The first-order chi connectivity index (χ1) is 17.0. The van der Waals surface area contributed by atoms with E-state index >= 15 is 0 Å². The number of rotatable bonds is 10. The monoisotopic (exact) mass is 476 g/mol. The number of amides is 4. The van der Waals surface area contributed by atoms with Crippen LogP contribution in [0.25, 0.3) is 0 Å². The van der Waals surface area contributed by atoms with Crippen molar-refractivity contribution in [1.82, 2.24) is 10.2 Å². The highest BCUT2D eigenvalue weighted by Gasteiger charge is 2.34. The Hall–Kier alpha value is -3.68. The molecule has 1 atom stereocenters. The van der Waals surface area contributed by atoms with Crippen molar-refractivity contribution >= 4 is 35.0 Å². The number of nitrogens with zero attached hydrogens (tertiary/aromatic N) is 2. The third-order valence-electron chi connectivity index (χ3n) is 6.48. The second-order valence-corrected chi connectivity index (χ2v) is 9.05. The van der Waals surface area contributed by atoms with Gasteiger partial charge in [0.15, 0.2) is 0 Å². The van der Waals surface area contributed by atoms with Crippen molar-refractivity contribution in [1.29, 1.82) is 0 Å². The normalized spacial score (nSPS) is 15.8. The van der Waals surface area contributed by atoms with E-state index in [0.29, 0.717) is 29.7 Å². The molecule has 0 radical (unpaired) electrons. The third kappa shape index (κ3) is 5.70. The van der Waals surface area contributed by atoms with Crippen LogP contribution in [0, 0.1) is 0 Å². The first kappa shape index (κ1) is 24.4. The smallest absolute Gasteiger partial charge is 0.261 e. The third-order valence-corrected chi connectivity index (χ3v) is 6.48. The molecule has 1 fully saturated rings. The minimum Gasteiger partial charge on any atom is -0.371 e. The van der Waals surface area contributed by atoms with Crippen LogP contribution >= 0.6 is 0 Å². The molecule has 184 valence electrons. The molecule has 0 saturated carbocycles. The van der Waals surface area contributed by atoms with Gasteiger partial charge in [-0.1, -0.05) is 31.5 Å². The predicted octanol–water partition coefficient (Wildman–Crippen LogP) is 3.59. The Balaban J connectivity index is 1.28. The zero-order valence-electron chi connectivity index (χ0n) is 20.1. The zero-order valence-corrected chi connectivity index (χ0v) is 20.1. The molecule has 4 rings (SSSR count). The number of nitrogens with one attached hydrogen (secondary N) is 2. The van der Waals surface area contributed by atoms with Crippen LogP contribution in [0.4, 0.5) is 11.4 Å². The van der Waals surface area contributed by atoms with Crippen LogP contribution in [-0.4, -0.2) is 54.2 Å². The van der Waals surface area contributed by atoms with Crippen LogP contribution in [0.2, 0.25) is 0 Å². The molecule has 1 saturated heterocycles. The molecule has 0 bridgehead atoms. The molecule has 0 spiro atoms. The molecule has 2 N–H and O–H groups in total. The molecule has 2 aromatic carbocycles. The molecule has 0 aromatic heterocycles. The summed E-state index contributed by atoms with van der Waals surface area (Å²) in [7, 11) is 0. The Morgan fingerprint density at radius 2 is 1.66 bits per heavy atom. The molecular formula is C27H32N4O4. The highest BCUT2D eigenvalue weighted by Crippen LogP contribution is 2.24. The van der Waals surface area contributed by atoms with E-state index in [4.69, 9.17) is 0 Å². The summed E-state index contributed by atoms with van der Waals surface area (Å²) >= 11 is 0. The second kappa shape index (κ2) is 11.2. The van der Waals surface area contributed by atoms with Crippen LogP contribution in [0.1, 0.15) is 66.2 Å². The molecule has 2 aromatic rings.